The van der Waals surface area contributed by atoms with Gasteiger partial charge in [0.1, 0.15) is 0 Å². The van der Waals surface area contributed by atoms with Crippen molar-refractivity contribution in [1.29, 1.82) is 0 Å². The Bertz CT molecular complexity index is 735. The van der Waals surface area contributed by atoms with E-state index in [-0.39, 0.29) is 60.1 Å². The molecule has 1 rings (SSSR count). The summed E-state index contributed by atoms with van der Waals surface area (Å²) in [6.07, 6.45) is 8.15. The Labute approximate surface area is 201 Å². The fourth-order valence-electron chi connectivity index (χ4n) is 2.76. The number of hydrogen-bond donors (Lipinski definition) is 0. The van der Waals surface area contributed by atoms with Crippen molar-refractivity contribution in [3.63, 3.8) is 0 Å². The second-order valence-electron chi connectivity index (χ2n) is 6.91. The maximum absolute atomic E-state index is 12.3. The number of ether oxygens (including phenoxy) is 2. The summed E-state index contributed by atoms with van der Waals surface area (Å²) in [6.45, 7) is 2.45. The standard InChI is InChI=1S/C21H32O7S.Na/c1-2-3-4-5-6-7-10-15-27-20(22)18-13-8-9-14-19(18)21(23)28-16-11-12-17-29(24,25)26;/h8-9,13-14H,2-7,10-12,15-17H2,1H3,(H,24,25,26);/q;+1/p-1. The van der Waals surface area contributed by atoms with Crippen LogP contribution in [0.3, 0.4) is 0 Å². The molecule has 0 radical (unpaired) electrons. The monoisotopic (exact) mass is 450 g/mol. The summed E-state index contributed by atoms with van der Waals surface area (Å²) in [5.74, 6) is -1.74. The predicted molar refractivity (Wildman–Crippen MR) is 109 cm³/mol. The number of carbonyl (C=O) groups excluding carboxylic acids is 2. The average Bonchev–Trinajstić information content (AvgIpc) is 2.68. The van der Waals surface area contributed by atoms with Crippen LogP contribution in [0.15, 0.2) is 24.3 Å². The van der Waals surface area contributed by atoms with E-state index >= 15 is 0 Å². The van der Waals surface area contributed by atoms with E-state index in [1.807, 2.05) is 0 Å². The van der Waals surface area contributed by atoms with E-state index in [1.54, 1.807) is 12.1 Å². The van der Waals surface area contributed by atoms with Gasteiger partial charge in [0.15, 0.2) is 0 Å². The Balaban J connectivity index is 0.00000841. The molecule has 0 unspecified atom stereocenters. The molecule has 0 spiro atoms. The van der Waals surface area contributed by atoms with Crippen molar-refractivity contribution in [3.8, 4) is 0 Å². The molecule has 1 aromatic rings. The number of rotatable bonds is 15. The first kappa shape index (κ1) is 29.1. The maximum atomic E-state index is 12.3. The minimum absolute atomic E-state index is 0. The largest absolute Gasteiger partial charge is 1.00 e. The van der Waals surface area contributed by atoms with Crippen molar-refractivity contribution in [3.05, 3.63) is 35.4 Å². The summed E-state index contributed by atoms with van der Waals surface area (Å²) in [4.78, 5) is 24.5. The molecule has 0 aliphatic rings. The van der Waals surface area contributed by atoms with Gasteiger partial charge >= 0.3 is 41.5 Å². The molecule has 0 bridgehead atoms. The van der Waals surface area contributed by atoms with Crippen LogP contribution in [0.5, 0.6) is 0 Å². The molecular weight excluding hydrogens is 419 g/mol. The molecule has 9 heteroatoms. The third-order valence-electron chi connectivity index (χ3n) is 4.37. The van der Waals surface area contributed by atoms with Gasteiger partial charge in [-0.3, -0.25) is 0 Å². The Kier molecular flexibility index (Phi) is 16.2. The first-order valence-electron chi connectivity index (χ1n) is 10.2. The van der Waals surface area contributed by atoms with Gasteiger partial charge in [0.2, 0.25) is 0 Å². The molecule has 164 valence electrons. The molecule has 0 saturated heterocycles. The minimum Gasteiger partial charge on any atom is -0.748 e. The van der Waals surface area contributed by atoms with E-state index in [1.165, 1.54) is 37.8 Å². The number of esters is 2. The van der Waals surface area contributed by atoms with Gasteiger partial charge < -0.3 is 14.0 Å². The van der Waals surface area contributed by atoms with Crippen LogP contribution in [0.2, 0.25) is 0 Å². The van der Waals surface area contributed by atoms with Gasteiger partial charge in [-0.25, -0.2) is 18.0 Å². The van der Waals surface area contributed by atoms with Gasteiger partial charge in [-0.05, 0) is 31.4 Å². The van der Waals surface area contributed by atoms with E-state index < -0.39 is 27.8 Å². The second kappa shape index (κ2) is 16.7. The normalized spacial score (nSPS) is 10.9. The molecule has 1 aromatic carbocycles. The van der Waals surface area contributed by atoms with Gasteiger partial charge in [-0.1, -0.05) is 57.6 Å². The van der Waals surface area contributed by atoms with E-state index in [4.69, 9.17) is 9.47 Å². The number of unbranched alkanes of at least 4 members (excludes halogenated alkanes) is 7. The molecule has 0 aliphatic heterocycles. The van der Waals surface area contributed by atoms with Crippen molar-refractivity contribution in [1.82, 2.24) is 0 Å². The van der Waals surface area contributed by atoms with Crippen LogP contribution in [0.1, 0.15) is 85.4 Å². The number of benzene rings is 1. The van der Waals surface area contributed by atoms with Crippen molar-refractivity contribution in [2.24, 2.45) is 0 Å². The van der Waals surface area contributed by atoms with E-state index in [9.17, 15) is 22.6 Å². The zero-order chi connectivity index (χ0) is 21.5. The first-order valence-corrected chi connectivity index (χ1v) is 11.8. The molecule has 0 aliphatic carbocycles. The smallest absolute Gasteiger partial charge is 0.748 e. The summed E-state index contributed by atoms with van der Waals surface area (Å²) in [5.41, 5.74) is 0.246. The molecule has 0 atom stereocenters. The Hall–Kier alpha value is -0.930. The Morgan fingerprint density at radius 2 is 1.23 bits per heavy atom. The van der Waals surface area contributed by atoms with Crippen LogP contribution < -0.4 is 29.6 Å². The van der Waals surface area contributed by atoms with Crippen LogP contribution in [0, 0.1) is 0 Å². The zero-order valence-electron chi connectivity index (χ0n) is 18.1. The number of hydrogen-bond acceptors (Lipinski definition) is 7. The molecule has 30 heavy (non-hydrogen) atoms. The molecule has 0 aromatic heterocycles. The molecule has 0 fully saturated rings. The Morgan fingerprint density at radius 1 is 0.800 bits per heavy atom. The van der Waals surface area contributed by atoms with E-state index in [2.05, 4.69) is 6.92 Å². The maximum Gasteiger partial charge on any atom is 1.00 e. The van der Waals surface area contributed by atoms with Crippen molar-refractivity contribution >= 4 is 22.1 Å². The van der Waals surface area contributed by atoms with E-state index in [0.29, 0.717) is 6.61 Å². The molecule has 0 saturated carbocycles. The van der Waals surface area contributed by atoms with Crippen LogP contribution >= 0.6 is 0 Å². The van der Waals surface area contributed by atoms with Crippen molar-refractivity contribution in [2.45, 2.75) is 64.7 Å². The van der Waals surface area contributed by atoms with Crippen LogP contribution in [-0.2, 0) is 19.6 Å². The second-order valence-corrected chi connectivity index (χ2v) is 8.43. The fourth-order valence-corrected chi connectivity index (χ4v) is 3.32. The predicted octanol–water partition coefficient (Wildman–Crippen LogP) is 1.08. The number of carbonyl (C=O) groups is 2. The van der Waals surface area contributed by atoms with Crippen molar-refractivity contribution < 1.29 is 61.6 Å². The fraction of sp³-hybridized carbons (Fsp3) is 0.619. The quantitative estimate of drug-likeness (QED) is 0.170. The minimum atomic E-state index is -4.27. The van der Waals surface area contributed by atoms with E-state index in [0.717, 1.165) is 19.3 Å². The topological polar surface area (TPSA) is 110 Å². The van der Waals surface area contributed by atoms with Gasteiger partial charge in [-0.15, -0.1) is 0 Å². The summed E-state index contributed by atoms with van der Waals surface area (Å²) in [5, 5.41) is 0. The average molecular weight is 451 g/mol. The summed E-state index contributed by atoms with van der Waals surface area (Å²) in [6, 6.07) is 6.25. The SMILES string of the molecule is CCCCCCCCCOC(=O)c1ccccc1C(=O)OCCCCS(=O)(=O)[O-].[Na+]. The summed E-state index contributed by atoms with van der Waals surface area (Å²) < 4.78 is 42.0. The van der Waals surface area contributed by atoms with Gasteiger partial charge in [0, 0.05) is 5.75 Å². The van der Waals surface area contributed by atoms with Gasteiger partial charge in [-0.2, -0.15) is 0 Å². The summed E-state index contributed by atoms with van der Waals surface area (Å²) >= 11 is 0. The molecule has 7 nitrogen and oxygen atoms in total. The Morgan fingerprint density at radius 3 is 1.70 bits per heavy atom. The molecule has 0 heterocycles. The molecular formula is C21H31NaO7S. The van der Waals surface area contributed by atoms with Gasteiger partial charge in [0.25, 0.3) is 0 Å². The zero-order valence-corrected chi connectivity index (χ0v) is 20.9. The third-order valence-corrected chi connectivity index (χ3v) is 5.16. The van der Waals surface area contributed by atoms with Crippen LogP contribution in [0.4, 0.5) is 0 Å². The summed E-state index contributed by atoms with van der Waals surface area (Å²) in [7, 11) is -4.27. The van der Waals surface area contributed by atoms with Crippen LogP contribution in [0.25, 0.3) is 0 Å². The van der Waals surface area contributed by atoms with Crippen LogP contribution in [-0.4, -0.2) is 43.9 Å². The van der Waals surface area contributed by atoms with Gasteiger partial charge in [0.05, 0.1) is 34.5 Å². The molecule has 0 amide bonds. The first-order chi connectivity index (χ1) is 13.8. The molecule has 0 N–H and O–H groups in total. The third kappa shape index (κ3) is 13.4. The van der Waals surface area contributed by atoms with Crippen molar-refractivity contribution in [2.75, 3.05) is 19.0 Å².